The molecule has 1 saturated heterocycles. The third kappa shape index (κ3) is 4.17. The van der Waals surface area contributed by atoms with E-state index in [4.69, 9.17) is 14.2 Å². The maximum atomic E-state index is 5.96. The van der Waals surface area contributed by atoms with Crippen LogP contribution in [-0.2, 0) is 14.2 Å². The molecule has 2 atom stereocenters. The molecule has 1 spiro atoms. The van der Waals surface area contributed by atoms with E-state index in [1.807, 2.05) is 0 Å². The molecule has 5 heteroatoms. The number of likely N-dealkylation sites (N-methyl/N-ethyl adjacent to an activating group) is 1. The standard InChI is InChI=1S/C16H32N2O3/c1-5-17-14-6-7-16(20-10-11-21-16)12-15(14)18(13(2)3)8-9-19-4/h13-15,17H,5-12H2,1-4H3. The summed E-state index contributed by atoms with van der Waals surface area (Å²) in [4.78, 5) is 2.54. The van der Waals surface area contributed by atoms with Gasteiger partial charge in [0.1, 0.15) is 0 Å². The maximum Gasteiger partial charge on any atom is 0.170 e. The van der Waals surface area contributed by atoms with E-state index < -0.39 is 0 Å². The van der Waals surface area contributed by atoms with Crippen LogP contribution in [0.2, 0.25) is 0 Å². The van der Waals surface area contributed by atoms with Crippen LogP contribution in [0.15, 0.2) is 0 Å². The Kier molecular flexibility index (Phi) is 6.44. The van der Waals surface area contributed by atoms with Gasteiger partial charge in [-0.15, -0.1) is 0 Å². The molecule has 0 amide bonds. The highest BCUT2D eigenvalue weighted by molar-refractivity contribution is 4.97. The summed E-state index contributed by atoms with van der Waals surface area (Å²) in [7, 11) is 1.77. The highest BCUT2D eigenvalue weighted by Crippen LogP contribution is 2.38. The lowest BCUT2D eigenvalue weighted by molar-refractivity contribution is -0.195. The summed E-state index contributed by atoms with van der Waals surface area (Å²) in [5.74, 6) is -0.337. The molecule has 1 saturated carbocycles. The number of methoxy groups -OCH3 is 1. The number of rotatable bonds is 7. The van der Waals surface area contributed by atoms with E-state index in [-0.39, 0.29) is 5.79 Å². The van der Waals surface area contributed by atoms with Gasteiger partial charge in [-0.1, -0.05) is 6.92 Å². The van der Waals surface area contributed by atoms with Gasteiger partial charge in [0.2, 0.25) is 0 Å². The van der Waals surface area contributed by atoms with Crippen LogP contribution in [0.5, 0.6) is 0 Å². The zero-order chi connectivity index (χ0) is 15.3. The molecule has 124 valence electrons. The van der Waals surface area contributed by atoms with Gasteiger partial charge in [0.15, 0.2) is 5.79 Å². The van der Waals surface area contributed by atoms with Gasteiger partial charge in [0, 0.05) is 44.6 Å². The van der Waals surface area contributed by atoms with Crippen molar-refractivity contribution in [3.05, 3.63) is 0 Å². The molecule has 1 aliphatic carbocycles. The first kappa shape index (κ1) is 17.2. The summed E-state index contributed by atoms with van der Waals surface area (Å²) in [6, 6.07) is 1.43. The van der Waals surface area contributed by atoms with Gasteiger partial charge in [-0.3, -0.25) is 4.90 Å². The van der Waals surface area contributed by atoms with Crippen LogP contribution in [0.25, 0.3) is 0 Å². The summed E-state index contributed by atoms with van der Waals surface area (Å²) < 4.78 is 17.2. The fraction of sp³-hybridized carbons (Fsp3) is 1.00. The second-order valence-corrected chi connectivity index (χ2v) is 6.41. The van der Waals surface area contributed by atoms with Crippen LogP contribution < -0.4 is 5.32 Å². The van der Waals surface area contributed by atoms with Crippen LogP contribution >= 0.6 is 0 Å². The van der Waals surface area contributed by atoms with Crippen LogP contribution in [0, 0.1) is 0 Å². The number of hydrogen-bond donors (Lipinski definition) is 1. The topological polar surface area (TPSA) is 43.0 Å². The van der Waals surface area contributed by atoms with E-state index in [0.717, 1.165) is 52.2 Å². The minimum Gasteiger partial charge on any atom is -0.383 e. The van der Waals surface area contributed by atoms with E-state index in [1.54, 1.807) is 7.11 Å². The van der Waals surface area contributed by atoms with Gasteiger partial charge in [0.25, 0.3) is 0 Å². The van der Waals surface area contributed by atoms with E-state index in [1.165, 1.54) is 0 Å². The minimum atomic E-state index is -0.337. The minimum absolute atomic E-state index is 0.337. The summed E-state index contributed by atoms with van der Waals surface area (Å²) in [5.41, 5.74) is 0. The molecule has 2 fully saturated rings. The van der Waals surface area contributed by atoms with Gasteiger partial charge in [-0.2, -0.15) is 0 Å². The third-order valence-corrected chi connectivity index (χ3v) is 4.74. The predicted molar refractivity (Wildman–Crippen MR) is 83.5 cm³/mol. The lowest BCUT2D eigenvalue weighted by Gasteiger charge is -2.47. The first-order valence-electron chi connectivity index (χ1n) is 8.38. The van der Waals surface area contributed by atoms with Gasteiger partial charge >= 0.3 is 0 Å². The molecular weight excluding hydrogens is 268 g/mol. The molecule has 2 unspecified atom stereocenters. The van der Waals surface area contributed by atoms with Crippen LogP contribution in [0.1, 0.15) is 40.0 Å². The lowest BCUT2D eigenvalue weighted by Crippen LogP contribution is -2.59. The monoisotopic (exact) mass is 300 g/mol. The molecular formula is C16H32N2O3. The number of nitrogens with one attached hydrogen (secondary N) is 1. The largest absolute Gasteiger partial charge is 0.383 e. The van der Waals surface area contributed by atoms with Gasteiger partial charge in [0.05, 0.1) is 19.8 Å². The molecule has 1 N–H and O–H groups in total. The van der Waals surface area contributed by atoms with Gasteiger partial charge in [-0.25, -0.2) is 0 Å². The molecule has 5 nitrogen and oxygen atoms in total. The zero-order valence-corrected chi connectivity index (χ0v) is 14.1. The van der Waals surface area contributed by atoms with Crippen molar-refractivity contribution < 1.29 is 14.2 Å². The Bertz CT molecular complexity index is 306. The third-order valence-electron chi connectivity index (χ3n) is 4.74. The van der Waals surface area contributed by atoms with E-state index >= 15 is 0 Å². The maximum absolute atomic E-state index is 5.96. The molecule has 0 aromatic rings. The molecule has 0 aromatic heterocycles. The fourth-order valence-corrected chi connectivity index (χ4v) is 3.74. The highest BCUT2D eigenvalue weighted by Gasteiger charge is 2.46. The fourth-order valence-electron chi connectivity index (χ4n) is 3.74. The molecule has 21 heavy (non-hydrogen) atoms. The van der Waals surface area contributed by atoms with Crippen molar-refractivity contribution in [1.82, 2.24) is 10.2 Å². The molecule has 0 radical (unpaired) electrons. The van der Waals surface area contributed by atoms with Gasteiger partial charge in [-0.05, 0) is 26.8 Å². The number of ether oxygens (including phenoxy) is 3. The van der Waals surface area contributed by atoms with Crippen LogP contribution in [-0.4, -0.2) is 68.8 Å². The molecule has 2 rings (SSSR count). The Hall–Kier alpha value is -0.200. The quantitative estimate of drug-likeness (QED) is 0.774. The Morgan fingerprint density at radius 1 is 1.33 bits per heavy atom. The van der Waals surface area contributed by atoms with Crippen molar-refractivity contribution in [3.8, 4) is 0 Å². The molecule has 0 aromatic carbocycles. The normalized spacial score (nSPS) is 28.9. The van der Waals surface area contributed by atoms with Crippen molar-refractivity contribution in [2.45, 2.75) is 63.9 Å². The first-order chi connectivity index (χ1) is 10.1. The summed E-state index contributed by atoms with van der Waals surface area (Å²) in [6.45, 7) is 10.9. The predicted octanol–water partition coefficient (Wildman–Crippen LogP) is 1.62. The first-order valence-corrected chi connectivity index (χ1v) is 8.38. The smallest absolute Gasteiger partial charge is 0.170 e. The van der Waals surface area contributed by atoms with Crippen LogP contribution in [0.4, 0.5) is 0 Å². The Morgan fingerprint density at radius 3 is 2.62 bits per heavy atom. The average Bonchev–Trinajstić information content (AvgIpc) is 2.90. The molecule has 2 aliphatic rings. The molecule has 0 bridgehead atoms. The van der Waals surface area contributed by atoms with Crippen molar-refractivity contribution in [2.24, 2.45) is 0 Å². The number of hydrogen-bond acceptors (Lipinski definition) is 5. The summed E-state index contributed by atoms with van der Waals surface area (Å²) in [6.07, 6.45) is 3.05. The highest BCUT2D eigenvalue weighted by atomic mass is 16.7. The lowest BCUT2D eigenvalue weighted by atomic mass is 9.84. The second kappa shape index (κ2) is 7.88. The summed E-state index contributed by atoms with van der Waals surface area (Å²) in [5, 5.41) is 3.66. The van der Waals surface area contributed by atoms with Crippen molar-refractivity contribution in [1.29, 1.82) is 0 Å². The Balaban J connectivity index is 2.10. The van der Waals surface area contributed by atoms with Gasteiger partial charge < -0.3 is 19.5 Å². The Labute approximate surface area is 129 Å². The van der Waals surface area contributed by atoms with E-state index in [0.29, 0.717) is 18.1 Å². The SMILES string of the molecule is CCNC1CCC2(CC1N(CCOC)C(C)C)OCCO2. The molecule has 1 heterocycles. The van der Waals surface area contributed by atoms with E-state index in [9.17, 15) is 0 Å². The average molecular weight is 300 g/mol. The van der Waals surface area contributed by atoms with Crippen molar-refractivity contribution in [2.75, 3.05) is 40.0 Å². The number of nitrogens with zero attached hydrogens (tertiary/aromatic N) is 1. The second-order valence-electron chi connectivity index (χ2n) is 6.41. The van der Waals surface area contributed by atoms with Crippen LogP contribution in [0.3, 0.4) is 0 Å². The molecule has 1 aliphatic heterocycles. The van der Waals surface area contributed by atoms with Crippen molar-refractivity contribution >= 4 is 0 Å². The summed E-state index contributed by atoms with van der Waals surface area (Å²) >= 11 is 0. The van der Waals surface area contributed by atoms with Crippen molar-refractivity contribution in [3.63, 3.8) is 0 Å². The zero-order valence-electron chi connectivity index (χ0n) is 14.1. The Morgan fingerprint density at radius 2 is 2.05 bits per heavy atom. The van der Waals surface area contributed by atoms with E-state index in [2.05, 4.69) is 31.0 Å².